The summed E-state index contributed by atoms with van der Waals surface area (Å²) < 4.78 is 6.80. The van der Waals surface area contributed by atoms with E-state index >= 15 is 0 Å². The Morgan fingerprint density at radius 2 is 2.26 bits per heavy atom. The summed E-state index contributed by atoms with van der Waals surface area (Å²) in [7, 11) is 0. The van der Waals surface area contributed by atoms with E-state index in [1.165, 1.54) is 4.68 Å². The van der Waals surface area contributed by atoms with Gasteiger partial charge in [0.2, 0.25) is 0 Å². The molecule has 1 aliphatic carbocycles. The Kier molecular flexibility index (Phi) is 3.98. The number of rotatable bonds is 5. The van der Waals surface area contributed by atoms with Crippen LogP contribution in [0.4, 0.5) is 5.82 Å². The van der Waals surface area contributed by atoms with Gasteiger partial charge >= 0.3 is 0 Å². The predicted molar refractivity (Wildman–Crippen MR) is 66.6 cm³/mol. The lowest BCUT2D eigenvalue weighted by atomic mass is 10.2. The van der Waals surface area contributed by atoms with Crippen molar-refractivity contribution in [1.82, 2.24) is 15.0 Å². The van der Waals surface area contributed by atoms with E-state index in [0.29, 0.717) is 12.8 Å². The maximum Gasteiger partial charge on any atom is 0.170 e. The maximum absolute atomic E-state index is 9.88. The van der Waals surface area contributed by atoms with E-state index in [9.17, 15) is 5.11 Å². The number of nitrogens with two attached hydrogens (primary N) is 2. The third-order valence-electron chi connectivity index (χ3n) is 3.20. The molecule has 1 aromatic rings. The van der Waals surface area contributed by atoms with E-state index in [4.69, 9.17) is 26.7 Å². The number of hydrogen-bond donors (Lipinski definition) is 5. The van der Waals surface area contributed by atoms with Gasteiger partial charge < -0.3 is 26.4 Å². The van der Waals surface area contributed by atoms with Crippen LogP contribution in [0, 0.1) is 5.41 Å². The summed E-state index contributed by atoms with van der Waals surface area (Å²) in [6.45, 7) is 0.0911. The minimum Gasteiger partial charge on any atom is -0.394 e. The zero-order chi connectivity index (χ0) is 14.0. The van der Waals surface area contributed by atoms with Crippen molar-refractivity contribution in [2.75, 3.05) is 18.9 Å². The summed E-state index contributed by atoms with van der Waals surface area (Å²) >= 11 is 0. The number of nitrogens with zero attached hydrogens (tertiary/aromatic N) is 3. The molecule has 0 aliphatic heterocycles. The van der Waals surface area contributed by atoms with Gasteiger partial charge in [-0.25, -0.2) is 4.68 Å². The van der Waals surface area contributed by atoms with Crippen LogP contribution in [0.2, 0.25) is 0 Å². The Balaban J connectivity index is 2.09. The number of aliphatic hydroxyl groups is 2. The lowest BCUT2D eigenvalue weighted by Crippen LogP contribution is -2.23. The minimum atomic E-state index is -0.638. The van der Waals surface area contributed by atoms with Gasteiger partial charge in [0, 0.05) is 0 Å². The van der Waals surface area contributed by atoms with Crippen LogP contribution in [0.5, 0.6) is 0 Å². The Morgan fingerprint density at radius 1 is 1.53 bits per heavy atom. The second-order valence-corrected chi connectivity index (χ2v) is 4.51. The zero-order valence-corrected chi connectivity index (χ0v) is 10.4. The molecule has 1 saturated carbocycles. The maximum atomic E-state index is 9.88. The Labute approximate surface area is 109 Å². The molecular formula is C10H18N6O3. The smallest absolute Gasteiger partial charge is 0.170 e. The lowest BCUT2D eigenvalue weighted by molar-refractivity contribution is -0.0303. The van der Waals surface area contributed by atoms with Crippen molar-refractivity contribution in [3.8, 4) is 0 Å². The molecule has 0 amide bonds. The third-order valence-corrected chi connectivity index (χ3v) is 3.20. The van der Waals surface area contributed by atoms with Gasteiger partial charge in [-0.1, -0.05) is 5.21 Å². The molecule has 9 heteroatoms. The van der Waals surface area contributed by atoms with E-state index in [1.54, 1.807) is 0 Å². The lowest BCUT2D eigenvalue weighted by Gasteiger charge is -2.14. The Hall–Kier alpha value is -1.71. The van der Waals surface area contributed by atoms with Crippen LogP contribution in [-0.4, -0.2) is 56.5 Å². The minimum absolute atomic E-state index is 0.0894. The molecule has 0 spiro atoms. The number of amidine groups is 1. The summed E-state index contributed by atoms with van der Waals surface area (Å²) in [6, 6.07) is -0.153. The summed E-state index contributed by atoms with van der Waals surface area (Å²) in [6.07, 6.45) is -0.0463. The average molecular weight is 270 g/mol. The highest BCUT2D eigenvalue weighted by molar-refractivity contribution is 5.96. The van der Waals surface area contributed by atoms with Gasteiger partial charge in [-0.3, -0.25) is 5.41 Å². The van der Waals surface area contributed by atoms with Gasteiger partial charge in [-0.15, -0.1) is 5.10 Å². The molecule has 1 heterocycles. The van der Waals surface area contributed by atoms with E-state index < -0.39 is 6.10 Å². The van der Waals surface area contributed by atoms with Crippen molar-refractivity contribution in [1.29, 1.82) is 5.41 Å². The first kappa shape index (κ1) is 13.7. The molecule has 1 aromatic heterocycles. The number of nitrogens with one attached hydrogen (secondary N) is 1. The van der Waals surface area contributed by atoms with Crippen molar-refractivity contribution < 1.29 is 14.9 Å². The van der Waals surface area contributed by atoms with Crippen LogP contribution in [0.1, 0.15) is 24.6 Å². The number of aliphatic hydroxyl groups excluding tert-OH is 2. The van der Waals surface area contributed by atoms with E-state index in [1.807, 2.05) is 0 Å². The highest BCUT2D eigenvalue weighted by atomic mass is 16.5. The molecule has 0 radical (unpaired) electrons. The zero-order valence-electron chi connectivity index (χ0n) is 10.4. The van der Waals surface area contributed by atoms with Crippen LogP contribution in [0.3, 0.4) is 0 Å². The number of hydrogen-bond acceptors (Lipinski definition) is 7. The molecule has 0 bridgehead atoms. The van der Waals surface area contributed by atoms with E-state index in [2.05, 4.69) is 10.3 Å². The van der Waals surface area contributed by atoms with Gasteiger partial charge in [0.25, 0.3) is 0 Å². The average Bonchev–Trinajstić information content (AvgIpc) is 2.90. The second kappa shape index (κ2) is 5.51. The Bertz CT molecular complexity index is 462. The predicted octanol–water partition coefficient (Wildman–Crippen LogP) is -1.78. The molecule has 1 aliphatic rings. The molecule has 3 unspecified atom stereocenters. The summed E-state index contributed by atoms with van der Waals surface area (Å²) in [5, 5.41) is 33.5. The number of ether oxygens (including phenoxy) is 1. The summed E-state index contributed by atoms with van der Waals surface area (Å²) in [5.74, 6) is -0.0251. The van der Waals surface area contributed by atoms with Crippen molar-refractivity contribution in [2.45, 2.75) is 31.1 Å². The van der Waals surface area contributed by atoms with Crippen LogP contribution in [0.15, 0.2) is 0 Å². The van der Waals surface area contributed by atoms with Crippen LogP contribution < -0.4 is 11.5 Å². The largest absolute Gasteiger partial charge is 0.394 e. The van der Waals surface area contributed by atoms with Crippen molar-refractivity contribution >= 4 is 11.7 Å². The highest BCUT2D eigenvalue weighted by Crippen LogP contribution is 2.33. The van der Waals surface area contributed by atoms with Crippen molar-refractivity contribution in [3.05, 3.63) is 5.69 Å². The number of aromatic nitrogens is 3. The monoisotopic (exact) mass is 270 g/mol. The highest BCUT2D eigenvalue weighted by Gasteiger charge is 2.36. The number of nitrogen functional groups attached to an aromatic ring is 2. The van der Waals surface area contributed by atoms with Crippen LogP contribution in [-0.2, 0) is 4.74 Å². The fourth-order valence-electron chi connectivity index (χ4n) is 2.30. The molecule has 7 N–H and O–H groups in total. The normalized spacial score (nSPS) is 26.7. The summed E-state index contributed by atoms with van der Waals surface area (Å²) in [4.78, 5) is 0. The quantitative estimate of drug-likeness (QED) is 0.312. The summed E-state index contributed by atoms with van der Waals surface area (Å²) in [5.41, 5.74) is 11.3. The third kappa shape index (κ3) is 2.67. The van der Waals surface area contributed by atoms with Crippen molar-refractivity contribution in [2.24, 2.45) is 5.73 Å². The van der Waals surface area contributed by atoms with Gasteiger partial charge in [-0.05, 0) is 12.8 Å². The molecule has 0 aromatic carbocycles. The SMILES string of the molecule is N=C(N)c1nnn(C2CC(O)C(OCCO)C2)c1N. The molecule has 3 atom stereocenters. The van der Waals surface area contributed by atoms with E-state index in [-0.39, 0.29) is 42.7 Å². The second-order valence-electron chi connectivity index (χ2n) is 4.51. The molecule has 9 nitrogen and oxygen atoms in total. The fraction of sp³-hybridized carbons (Fsp3) is 0.700. The molecule has 19 heavy (non-hydrogen) atoms. The van der Waals surface area contributed by atoms with Crippen molar-refractivity contribution in [3.63, 3.8) is 0 Å². The van der Waals surface area contributed by atoms with Gasteiger partial charge in [0.1, 0.15) is 5.84 Å². The molecule has 0 saturated heterocycles. The van der Waals surface area contributed by atoms with Gasteiger partial charge in [0.15, 0.2) is 11.5 Å². The number of anilines is 1. The standard InChI is InChI=1S/C10H18N6O3/c11-9(12)8-10(13)16(15-14-8)5-3-6(18)7(4-5)19-2-1-17/h5-7,17-18H,1-4,13H2,(H3,11,12). The molecule has 106 valence electrons. The topological polar surface area (TPSA) is 156 Å². The Morgan fingerprint density at radius 3 is 2.84 bits per heavy atom. The van der Waals surface area contributed by atoms with Gasteiger partial charge in [-0.2, -0.15) is 0 Å². The van der Waals surface area contributed by atoms with Crippen LogP contribution in [0.25, 0.3) is 0 Å². The molecule has 1 fully saturated rings. The first-order valence-corrected chi connectivity index (χ1v) is 6.00. The first-order valence-electron chi connectivity index (χ1n) is 6.00. The fourth-order valence-corrected chi connectivity index (χ4v) is 2.30. The van der Waals surface area contributed by atoms with E-state index in [0.717, 1.165) is 0 Å². The molecular weight excluding hydrogens is 252 g/mol. The molecule has 2 rings (SSSR count). The van der Waals surface area contributed by atoms with Gasteiger partial charge in [0.05, 0.1) is 31.5 Å². The first-order chi connectivity index (χ1) is 9.04. The van der Waals surface area contributed by atoms with Crippen LogP contribution >= 0.6 is 0 Å².